The van der Waals surface area contributed by atoms with Crippen LogP contribution in [0.25, 0.3) is 22.2 Å². The maximum absolute atomic E-state index is 15.1. The van der Waals surface area contributed by atoms with E-state index in [4.69, 9.17) is 23.2 Å². The van der Waals surface area contributed by atoms with Crippen molar-refractivity contribution in [1.82, 2.24) is 14.8 Å². The van der Waals surface area contributed by atoms with E-state index in [2.05, 4.69) is 87.5 Å². The summed E-state index contributed by atoms with van der Waals surface area (Å²) in [6, 6.07) is 28.1. The summed E-state index contributed by atoms with van der Waals surface area (Å²) in [5, 5.41) is 15.7. The second-order valence-corrected chi connectivity index (χ2v) is 16.8. The molecule has 8 nitrogen and oxygen atoms in total. The molecule has 10 heteroatoms. The number of benzene rings is 4. The molecule has 300 valence electrons. The van der Waals surface area contributed by atoms with Gasteiger partial charge in [-0.1, -0.05) is 104 Å². The average Bonchev–Trinajstić information content (AvgIpc) is 3.52. The number of aromatic nitrogens is 1. The van der Waals surface area contributed by atoms with Crippen LogP contribution < -0.4 is 10.2 Å². The molecule has 1 fully saturated rings. The Morgan fingerprint density at radius 2 is 1.71 bits per heavy atom. The Morgan fingerprint density at radius 1 is 0.948 bits per heavy atom. The molecule has 2 atom stereocenters. The number of aliphatic hydroxyl groups excluding tert-OH is 1. The van der Waals surface area contributed by atoms with Gasteiger partial charge in [-0.3, -0.25) is 9.59 Å². The minimum Gasteiger partial charge on any atom is -0.392 e. The highest BCUT2D eigenvalue weighted by atomic mass is 35.5. The lowest BCUT2D eigenvalue weighted by molar-refractivity contribution is -0.131. The molecule has 0 saturated carbocycles. The molecule has 2 amide bonds. The van der Waals surface area contributed by atoms with Crippen molar-refractivity contribution >= 4 is 68.6 Å². The molecule has 4 heterocycles. The van der Waals surface area contributed by atoms with Gasteiger partial charge in [0.1, 0.15) is 5.69 Å². The van der Waals surface area contributed by atoms with Crippen LogP contribution in [0.2, 0.25) is 10.0 Å². The van der Waals surface area contributed by atoms with Gasteiger partial charge in [-0.05, 0) is 95.8 Å². The number of nitrogens with one attached hydrogen (secondary N) is 2. The molecular weight excluding hydrogens is 765 g/mol. The number of unbranched alkanes of at least 4 members (excludes halogenated alkanes) is 2. The number of amides is 2. The van der Waals surface area contributed by atoms with E-state index < -0.39 is 0 Å². The molecule has 4 aromatic carbocycles. The van der Waals surface area contributed by atoms with Crippen LogP contribution in [-0.4, -0.2) is 57.4 Å². The zero-order chi connectivity index (χ0) is 40.5. The van der Waals surface area contributed by atoms with E-state index in [1.54, 1.807) is 6.92 Å². The molecule has 0 aliphatic carbocycles. The lowest BCUT2D eigenvalue weighted by atomic mass is 9.82. The molecule has 1 saturated heterocycles. The Balaban J connectivity index is 1.23. The van der Waals surface area contributed by atoms with Gasteiger partial charge in [0, 0.05) is 65.3 Å². The summed E-state index contributed by atoms with van der Waals surface area (Å²) < 4.78 is 0. The van der Waals surface area contributed by atoms with Crippen LogP contribution in [0.1, 0.15) is 104 Å². The largest absolute Gasteiger partial charge is 0.392 e. The van der Waals surface area contributed by atoms with Crippen molar-refractivity contribution in [2.75, 3.05) is 29.9 Å². The SMILES string of the molecule is CCCCCN(C(C)=O)C1CCN(c2ccc(CO)cc2NC(=O)c2[nH]c3cc(Cl)cc4c3c2C2=C(c3ccccc3)C(C)CC=CN2C4c2ccc(Cl)cc2)CC1. The van der Waals surface area contributed by atoms with Gasteiger partial charge in [0.2, 0.25) is 5.91 Å². The lowest BCUT2D eigenvalue weighted by Crippen LogP contribution is -2.47. The smallest absolute Gasteiger partial charge is 0.272 e. The quantitative estimate of drug-likeness (QED) is 0.116. The highest BCUT2D eigenvalue weighted by Crippen LogP contribution is 2.53. The van der Waals surface area contributed by atoms with Crippen molar-refractivity contribution in [1.29, 1.82) is 0 Å². The minimum atomic E-state index is -0.288. The molecule has 8 rings (SSSR count). The van der Waals surface area contributed by atoms with Gasteiger partial charge in [0.25, 0.3) is 5.91 Å². The third-order valence-electron chi connectivity index (χ3n) is 12.1. The number of H-pyrrole nitrogens is 1. The van der Waals surface area contributed by atoms with Crippen LogP contribution in [0.5, 0.6) is 0 Å². The molecule has 0 bridgehead atoms. The first kappa shape index (κ1) is 39.8. The first-order valence-corrected chi connectivity index (χ1v) is 21.3. The number of nitrogens with zero attached hydrogens (tertiary/aromatic N) is 3. The van der Waals surface area contributed by atoms with E-state index in [0.717, 1.165) is 108 Å². The van der Waals surface area contributed by atoms with Gasteiger partial charge in [0.05, 0.1) is 29.7 Å². The highest BCUT2D eigenvalue weighted by Gasteiger charge is 2.40. The number of hydrogen-bond donors (Lipinski definition) is 3. The van der Waals surface area contributed by atoms with Crippen LogP contribution >= 0.6 is 23.2 Å². The minimum absolute atomic E-state index is 0.128. The Labute approximate surface area is 351 Å². The van der Waals surface area contributed by atoms with Crippen molar-refractivity contribution in [3.05, 3.63) is 141 Å². The first-order valence-electron chi connectivity index (χ1n) is 20.6. The normalized spacial score (nSPS) is 18.0. The number of allylic oxidation sites excluding steroid dienone is 2. The van der Waals surface area contributed by atoms with Crippen molar-refractivity contribution in [2.24, 2.45) is 5.92 Å². The van der Waals surface area contributed by atoms with Gasteiger partial charge in [-0.25, -0.2) is 0 Å². The number of carbonyl (C=O) groups excluding carboxylic acids is 2. The second kappa shape index (κ2) is 17.1. The summed E-state index contributed by atoms with van der Waals surface area (Å²) >= 11 is 13.3. The monoisotopic (exact) mass is 815 g/mol. The topological polar surface area (TPSA) is 91.9 Å². The number of piperidine rings is 1. The number of aromatic amines is 1. The summed E-state index contributed by atoms with van der Waals surface area (Å²) in [6.07, 6.45) is 10.1. The Hall–Kier alpha value is -5.02. The number of aliphatic hydroxyl groups is 1. The third kappa shape index (κ3) is 7.66. The number of carbonyl (C=O) groups is 2. The Bertz CT molecular complexity index is 2380. The van der Waals surface area contributed by atoms with Crippen LogP contribution in [0.15, 0.2) is 97.2 Å². The fourth-order valence-electron chi connectivity index (χ4n) is 9.34. The molecule has 3 aliphatic heterocycles. The second-order valence-electron chi connectivity index (χ2n) is 15.9. The summed E-state index contributed by atoms with van der Waals surface area (Å²) in [5.74, 6) is -0.0203. The zero-order valence-electron chi connectivity index (χ0n) is 33.4. The summed E-state index contributed by atoms with van der Waals surface area (Å²) in [7, 11) is 0. The predicted octanol–water partition coefficient (Wildman–Crippen LogP) is 11.1. The van der Waals surface area contributed by atoms with Crippen LogP contribution in [0.3, 0.4) is 0 Å². The number of anilines is 2. The number of hydrogen-bond acceptors (Lipinski definition) is 5. The molecule has 3 aliphatic rings. The average molecular weight is 817 g/mol. The standard InChI is InChI=1S/C48H51Cl2N5O3/c1-4-5-9-22-54(31(3)57)37-20-24-53(25-21-37)41-19-14-32(29-56)26-39(41)52-48(58)45-44-43-38(27-36(50)28-40(43)51-45)46(34-15-17-35(49)18-16-34)55-23-10-11-30(2)42(47(44)55)33-12-7-6-8-13-33/h6-8,10,12-19,23,26-28,30,37,46,51,56H,4-5,9,11,20-22,24-25,29H2,1-3H3,(H,52,58). The van der Waals surface area contributed by atoms with Crippen LogP contribution in [-0.2, 0) is 11.4 Å². The third-order valence-corrected chi connectivity index (χ3v) is 12.6. The van der Waals surface area contributed by atoms with E-state index in [9.17, 15) is 9.90 Å². The maximum atomic E-state index is 15.1. The zero-order valence-corrected chi connectivity index (χ0v) is 34.9. The number of halogens is 2. The van der Waals surface area contributed by atoms with Gasteiger partial charge in [0.15, 0.2) is 0 Å². The molecular formula is C48H51Cl2N5O3. The predicted molar refractivity (Wildman–Crippen MR) is 237 cm³/mol. The molecule has 2 unspecified atom stereocenters. The Morgan fingerprint density at radius 3 is 2.41 bits per heavy atom. The summed E-state index contributed by atoms with van der Waals surface area (Å²) in [5.41, 5.74) is 9.53. The fourth-order valence-corrected chi connectivity index (χ4v) is 9.69. The van der Waals surface area contributed by atoms with E-state index in [-0.39, 0.29) is 36.4 Å². The maximum Gasteiger partial charge on any atom is 0.272 e. The fraction of sp³-hybridized carbons (Fsp3) is 0.333. The molecule has 1 aromatic heterocycles. The number of fused-ring (bicyclic) bond motifs is 2. The van der Waals surface area contributed by atoms with Gasteiger partial charge in [-0.2, -0.15) is 0 Å². The summed E-state index contributed by atoms with van der Waals surface area (Å²) in [6.45, 7) is 8.21. The number of rotatable bonds is 11. The van der Waals surface area contributed by atoms with Crippen molar-refractivity contribution < 1.29 is 14.7 Å². The van der Waals surface area contributed by atoms with Crippen molar-refractivity contribution in [3.8, 4) is 0 Å². The van der Waals surface area contributed by atoms with Crippen LogP contribution in [0, 0.1) is 5.92 Å². The molecule has 0 radical (unpaired) electrons. The summed E-state index contributed by atoms with van der Waals surface area (Å²) in [4.78, 5) is 37.9. The van der Waals surface area contributed by atoms with Crippen LogP contribution in [0.4, 0.5) is 11.4 Å². The van der Waals surface area contributed by atoms with Crippen molar-refractivity contribution in [3.63, 3.8) is 0 Å². The van der Waals surface area contributed by atoms with Gasteiger partial charge >= 0.3 is 0 Å². The highest BCUT2D eigenvalue weighted by molar-refractivity contribution is 6.32. The van der Waals surface area contributed by atoms with Crippen molar-refractivity contribution in [2.45, 2.75) is 78.0 Å². The van der Waals surface area contributed by atoms with E-state index in [1.807, 2.05) is 48.5 Å². The molecule has 58 heavy (non-hydrogen) atoms. The molecule has 0 spiro atoms. The first-order chi connectivity index (χ1) is 28.2. The van der Waals surface area contributed by atoms with E-state index >= 15 is 4.79 Å². The van der Waals surface area contributed by atoms with E-state index in [0.29, 0.717) is 27.0 Å². The Kier molecular flexibility index (Phi) is 11.7. The van der Waals surface area contributed by atoms with E-state index in [1.165, 1.54) is 0 Å². The molecule has 5 aromatic rings. The van der Waals surface area contributed by atoms with Gasteiger partial charge < -0.3 is 30.1 Å². The van der Waals surface area contributed by atoms with Gasteiger partial charge in [-0.15, -0.1) is 0 Å². The molecule has 3 N–H and O–H groups in total. The lowest BCUT2D eigenvalue weighted by Gasteiger charge is -2.40.